The first-order valence-corrected chi connectivity index (χ1v) is 3.13. The van der Waals surface area contributed by atoms with Crippen LogP contribution in [0.15, 0.2) is 23.8 Å². The molecule has 0 saturated heterocycles. The topological polar surface area (TPSA) is 44.0 Å². The van der Waals surface area contributed by atoms with Crippen LogP contribution in [0, 0.1) is 11.3 Å². The van der Waals surface area contributed by atoms with E-state index in [1.165, 1.54) is 0 Å². The summed E-state index contributed by atoms with van der Waals surface area (Å²) < 4.78 is 0. The fraction of sp³-hybridized carbons (Fsp3) is 0.286. The standard InChI is InChI=1S/C7H7BNO/c9-5-6-1-3-7(8-10)4-2-6/h1-3,7,10H,4H2/t7-/m1/s1. The lowest BCUT2D eigenvalue weighted by molar-refractivity contribution is 0.588. The Morgan fingerprint density at radius 2 is 2.60 bits per heavy atom. The molecular weight excluding hydrogens is 125 g/mol. The summed E-state index contributed by atoms with van der Waals surface area (Å²) in [4.78, 5) is 0. The van der Waals surface area contributed by atoms with E-state index in [4.69, 9.17) is 10.3 Å². The molecule has 10 heavy (non-hydrogen) atoms. The van der Waals surface area contributed by atoms with E-state index in [-0.39, 0.29) is 5.82 Å². The number of rotatable bonds is 1. The van der Waals surface area contributed by atoms with Crippen molar-refractivity contribution in [2.24, 2.45) is 0 Å². The molecule has 1 rings (SSSR count). The van der Waals surface area contributed by atoms with Gasteiger partial charge in [0, 0.05) is 5.57 Å². The van der Waals surface area contributed by atoms with Crippen LogP contribution in [0.4, 0.5) is 0 Å². The molecule has 0 unspecified atom stereocenters. The second-order valence-electron chi connectivity index (χ2n) is 2.18. The Hall–Kier alpha value is -1.01. The Balaban J connectivity index is 2.57. The van der Waals surface area contributed by atoms with Gasteiger partial charge in [-0.05, 0) is 18.3 Å². The molecule has 1 N–H and O–H groups in total. The lowest BCUT2D eigenvalue weighted by atomic mass is 9.75. The van der Waals surface area contributed by atoms with Crippen LogP contribution in [0.3, 0.4) is 0 Å². The molecule has 0 amide bonds. The van der Waals surface area contributed by atoms with Crippen molar-refractivity contribution in [2.75, 3.05) is 0 Å². The van der Waals surface area contributed by atoms with E-state index >= 15 is 0 Å². The van der Waals surface area contributed by atoms with Crippen LogP contribution in [0.1, 0.15) is 6.42 Å². The molecule has 2 nitrogen and oxygen atoms in total. The predicted molar refractivity (Wildman–Crippen MR) is 39.2 cm³/mol. The molecule has 1 radical (unpaired) electrons. The zero-order chi connectivity index (χ0) is 7.40. The minimum absolute atomic E-state index is 0.0945. The van der Waals surface area contributed by atoms with Crippen LogP contribution in [0.25, 0.3) is 0 Å². The zero-order valence-corrected chi connectivity index (χ0v) is 5.49. The van der Waals surface area contributed by atoms with Crippen LogP contribution in [-0.4, -0.2) is 12.5 Å². The van der Waals surface area contributed by atoms with Gasteiger partial charge in [0.05, 0.1) is 6.07 Å². The molecule has 1 aliphatic rings. The second kappa shape index (κ2) is 3.24. The van der Waals surface area contributed by atoms with Crippen LogP contribution in [0.5, 0.6) is 0 Å². The molecule has 0 aromatic heterocycles. The van der Waals surface area contributed by atoms with Gasteiger partial charge in [0.1, 0.15) is 0 Å². The number of nitriles is 1. The number of nitrogens with zero attached hydrogens (tertiary/aromatic N) is 1. The van der Waals surface area contributed by atoms with E-state index in [1.807, 2.05) is 18.2 Å². The first-order chi connectivity index (χ1) is 4.86. The fourth-order valence-corrected chi connectivity index (χ4v) is 0.830. The average Bonchev–Trinajstić information content (AvgIpc) is 2.05. The maximum Gasteiger partial charge on any atom is 0.295 e. The highest BCUT2D eigenvalue weighted by atomic mass is 16.2. The summed E-state index contributed by atoms with van der Waals surface area (Å²) in [7, 11) is 1.14. The maximum absolute atomic E-state index is 8.56. The van der Waals surface area contributed by atoms with Crippen molar-refractivity contribution in [3.8, 4) is 6.07 Å². The normalized spacial score (nSPS) is 23.2. The van der Waals surface area contributed by atoms with Gasteiger partial charge in [-0.3, -0.25) is 0 Å². The van der Waals surface area contributed by atoms with Gasteiger partial charge in [-0.2, -0.15) is 5.26 Å². The van der Waals surface area contributed by atoms with Crippen molar-refractivity contribution in [3.05, 3.63) is 23.8 Å². The van der Waals surface area contributed by atoms with Crippen LogP contribution < -0.4 is 0 Å². The molecular formula is C7H7BNO. The summed E-state index contributed by atoms with van der Waals surface area (Å²) in [5.41, 5.74) is 0.679. The molecule has 0 aliphatic heterocycles. The van der Waals surface area contributed by atoms with Gasteiger partial charge in [0.15, 0.2) is 0 Å². The monoisotopic (exact) mass is 132 g/mol. The summed E-state index contributed by atoms with van der Waals surface area (Å²) in [5, 5.41) is 17.0. The molecule has 1 atom stereocenters. The fourth-order valence-electron chi connectivity index (χ4n) is 0.830. The van der Waals surface area contributed by atoms with Gasteiger partial charge in [0.2, 0.25) is 0 Å². The third-order valence-corrected chi connectivity index (χ3v) is 1.45. The van der Waals surface area contributed by atoms with Crippen molar-refractivity contribution in [2.45, 2.75) is 12.2 Å². The SMILES string of the molecule is N#CC1=CC[C@H]([B]O)C=C1. The Labute approximate surface area is 60.8 Å². The highest BCUT2D eigenvalue weighted by Crippen LogP contribution is 2.18. The summed E-state index contributed by atoms with van der Waals surface area (Å²) in [5.74, 6) is 0.0945. The number of hydrogen-bond acceptors (Lipinski definition) is 2. The minimum atomic E-state index is 0.0945. The summed E-state index contributed by atoms with van der Waals surface area (Å²) >= 11 is 0. The Bertz CT molecular complexity index is 214. The van der Waals surface area contributed by atoms with Crippen LogP contribution in [-0.2, 0) is 0 Å². The zero-order valence-electron chi connectivity index (χ0n) is 5.49. The first kappa shape index (κ1) is 7.11. The minimum Gasteiger partial charge on any atom is -0.454 e. The van der Waals surface area contributed by atoms with E-state index in [2.05, 4.69) is 0 Å². The van der Waals surface area contributed by atoms with Gasteiger partial charge in [-0.1, -0.05) is 12.2 Å². The van der Waals surface area contributed by atoms with E-state index in [1.54, 1.807) is 6.08 Å². The van der Waals surface area contributed by atoms with Gasteiger partial charge in [-0.25, -0.2) is 0 Å². The molecule has 3 heteroatoms. The number of hydrogen-bond donors (Lipinski definition) is 1. The third-order valence-electron chi connectivity index (χ3n) is 1.45. The average molecular weight is 132 g/mol. The molecule has 49 valence electrons. The predicted octanol–water partition coefficient (Wildman–Crippen LogP) is 0.796. The molecule has 0 aromatic carbocycles. The van der Waals surface area contributed by atoms with Gasteiger partial charge < -0.3 is 5.02 Å². The largest absolute Gasteiger partial charge is 0.454 e. The molecule has 0 aromatic rings. The lowest BCUT2D eigenvalue weighted by Gasteiger charge is -2.07. The molecule has 0 fully saturated rings. The van der Waals surface area contributed by atoms with Crippen LogP contribution in [0.2, 0.25) is 5.82 Å². The van der Waals surface area contributed by atoms with E-state index < -0.39 is 0 Å². The molecule has 0 saturated carbocycles. The second-order valence-corrected chi connectivity index (χ2v) is 2.18. The highest BCUT2D eigenvalue weighted by molar-refractivity contribution is 6.28. The summed E-state index contributed by atoms with van der Waals surface area (Å²) in [6.45, 7) is 0. The van der Waals surface area contributed by atoms with E-state index in [9.17, 15) is 0 Å². The van der Waals surface area contributed by atoms with Crippen molar-refractivity contribution in [3.63, 3.8) is 0 Å². The molecule has 0 spiro atoms. The smallest absolute Gasteiger partial charge is 0.295 e. The van der Waals surface area contributed by atoms with Crippen molar-refractivity contribution >= 4 is 7.48 Å². The Kier molecular flexibility index (Phi) is 2.30. The van der Waals surface area contributed by atoms with Crippen LogP contribution >= 0.6 is 0 Å². The van der Waals surface area contributed by atoms with E-state index in [0.29, 0.717) is 5.57 Å². The quantitative estimate of drug-likeness (QED) is 0.536. The van der Waals surface area contributed by atoms with Gasteiger partial charge in [0.25, 0.3) is 7.48 Å². The van der Waals surface area contributed by atoms with Gasteiger partial charge in [-0.15, -0.1) is 0 Å². The van der Waals surface area contributed by atoms with Crippen molar-refractivity contribution < 1.29 is 5.02 Å². The number of allylic oxidation sites excluding steroid dienone is 4. The molecule has 0 bridgehead atoms. The van der Waals surface area contributed by atoms with Crippen molar-refractivity contribution in [1.82, 2.24) is 0 Å². The van der Waals surface area contributed by atoms with Gasteiger partial charge >= 0.3 is 0 Å². The van der Waals surface area contributed by atoms with E-state index in [0.717, 1.165) is 13.9 Å². The summed E-state index contributed by atoms with van der Waals surface area (Å²) in [6, 6.07) is 2.03. The van der Waals surface area contributed by atoms with Crippen molar-refractivity contribution in [1.29, 1.82) is 5.26 Å². The Morgan fingerprint density at radius 3 is 3.00 bits per heavy atom. The molecule has 0 heterocycles. The Morgan fingerprint density at radius 1 is 1.80 bits per heavy atom. The molecule has 1 aliphatic carbocycles. The first-order valence-electron chi connectivity index (χ1n) is 3.13. The summed E-state index contributed by atoms with van der Waals surface area (Å²) in [6.07, 6.45) is 6.09. The lowest BCUT2D eigenvalue weighted by Crippen LogP contribution is -2.01. The highest BCUT2D eigenvalue weighted by Gasteiger charge is 2.07. The third kappa shape index (κ3) is 1.49. The maximum atomic E-state index is 8.56.